The number of hydrogen-bond acceptors (Lipinski definition) is 4. The Bertz CT molecular complexity index is 948. The second-order valence-electron chi connectivity index (χ2n) is 10.5. The lowest BCUT2D eigenvalue weighted by Gasteiger charge is -2.57. The number of halogens is 1. The number of carbonyl (C=O) groups excluding carboxylic acids is 1. The van der Waals surface area contributed by atoms with Gasteiger partial charge in [-0.15, -0.1) is 0 Å². The number of rotatable bonds is 8. The van der Waals surface area contributed by atoms with Crippen molar-refractivity contribution in [2.75, 3.05) is 26.2 Å². The highest BCUT2D eigenvalue weighted by molar-refractivity contribution is 7.89. The lowest BCUT2D eigenvalue weighted by molar-refractivity contribution is -0.121. The van der Waals surface area contributed by atoms with Gasteiger partial charge in [-0.05, 0) is 106 Å². The summed E-state index contributed by atoms with van der Waals surface area (Å²) in [6, 6.07) is 5.54. The average molecular weight is 478 g/mol. The van der Waals surface area contributed by atoms with E-state index in [1.54, 1.807) is 4.31 Å². The molecule has 1 aromatic rings. The molecule has 8 heteroatoms. The number of nitrogens with one attached hydrogen (secondary N) is 1. The maximum atomic E-state index is 13.7. The molecule has 1 amide bonds. The molecule has 1 aliphatic carbocycles. The molecule has 1 saturated carbocycles. The molecule has 182 valence electrons. The van der Waals surface area contributed by atoms with Crippen LogP contribution in [0.25, 0.3) is 0 Å². The largest absolute Gasteiger partial charge is 0.356 e. The Kier molecular flexibility index (Phi) is 6.78. The molecule has 4 aliphatic rings. The molecule has 33 heavy (non-hydrogen) atoms. The Hall–Kier alpha value is -1.51. The van der Waals surface area contributed by atoms with Gasteiger partial charge in [0, 0.05) is 31.6 Å². The highest BCUT2D eigenvalue weighted by Gasteiger charge is 2.51. The van der Waals surface area contributed by atoms with Gasteiger partial charge in [0.1, 0.15) is 5.82 Å². The molecule has 3 heterocycles. The SMILES string of the molecule is O=C(CCC[C@@H]1[C@H]2CCCN3CCC[C@@H](CN1S(=O)(=O)c1ccc(F)cc1)[C@@H]23)NCC1CC1. The molecular formula is C25H36FN3O3S. The van der Waals surface area contributed by atoms with Crippen LogP contribution in [0.5, 0.6) is 0 Å². The van der Waals surface area contributed by atoms with E-state index in [9.17, 15) is 17.6 Å². The molecular weight excluding hydrogens is 441 g/mol. The molecule has 0 bridgehead atoms. The topological polar surface area (TPSA) is 69.7 Å². The normalized spacial score (nSPS) is 30.6. The Morgan fingerprint density at radius 3 is 2.52 bits per heavy atom. The molecule has 6 nitrogen and oxygen atoms in total. The van der Waals surface area contributed by atoms with Crippen molar-refractivity contribution in [1.29, 1.82) is 0 Å². The van der Waals surface area contributed by atoms with Crippen molar-refractivity contribution in [2.45, 2.75) is 74.8 Å². The Morgan fingerprint density at radius 2 is 1.79 bits per heavy atom. The number of nitrogens with zero attached hydrogens (tertiary/aromatic N) is 2. The van der Waals surface area contributed by atoms with E-state index in [0.717, 1.165) is 45.3 Å². The number of amides is 1. The average Bonchev–Trinajstić information content (AvgIpc) is 3.64. The van der Waals surface area contributed by atoms with Crippen molar-refractivity contribution in [3.63, 3.8) is 0 Å². The first-order chi connectivity index (χ1) is 15.9. The van der Waals surface area contributed by atoms with Crippen LogP contribution in [-0.2, 0) is 14.8 Å². The van der Waals surface area contributed by atoms with Gasteiger partial charge in [-0.2, -0.15) is 4.31 Å². The zero-order chi connectivity index (χ0) is 23.0. The van der Waals surface area contributed by atoms with Crippen molar-refractivity contribution in [2.24, 2.45) is 17.8 Å². The van der Waals surface area contributed by atoms with Gasteiger partial charge in [-0.3, -0.25) is 9.69 Å². The van der Waals surface area contributed by atoms with Crippen LogP contribution in [0, 0.1) is 23.6 Å². The van der Waals surface area contributed by atoms with Crippen LogP contribution in [0.3, 0.4) is 0 Å². The van der Waals surface area contributed by atoms with Crippen LogP contribution in [0.4, 0.5) is 4.39 Å². The number of hydrogen-bond donors (Lipinski definition) is 1. The zero-order valence-corrected chi connectivity index (χ0v) is 20.1. The van der Waals surface area contributed by atoms with Gasteiger partial charge in [-0.25, -0.2) is 12.8 Å². The van der Waals surface area contributed by atoms with Gasteiger partial charge in [0.15, 0.2) is 0 Å². The van der Waals surface area contributed by atoms with E-state index in [4.69, 9.17) is 0 Å². The number of piperidine rings is 3. The van der Waals surface area contributed by atoms with Crippen LogP contribution in [0.1, 0.15) is 57.8 Å². The minimum Gasteiger partial charge on any atom is -0.356 e. The fourth-order valence-corrected chi connectivity index (χ4v) is 8.23. The fourth-order valence-electron chi connectivity index (χ4n) is 6.47. The van der Waals surface area contributed by atoms with Gasteiger partial charge >= 0.3 is 0 Å². The zero-order valence-electron chi connectivity index (χ0n) is 19.3. The summed E-state index contributed by atoms with van der Waals surface area (Å²) in [6.07, 6.45) is 8.54. The van der Waals surface area contributed by atoms with E-state index in [2.05, 4.69) is 10.2 Å². The van der Waals surface area contributed by atoms with E-state index in [0.29, 0.717) is 49.6 Å². The predicted molar refractivity (Wildman–Crippen MR) is 124 cm³/mol. The first kappa shape index (κ1) is 23.2. The van der Waals surface area contributed by atoms with E-state index < -0.39 is 15.8 Å². The third kappa shape index (κ3) is 4.98. The number of carbonyl (C=O) groups is 1. The smallest absolute Gasteiger partial charge is 0.243 e. The standard InChI is InChI=1S/C25H36FN3O3S/c26-20-10-12-21(13-11-20)33(31,32)29-17-19-4-2-14-28-15-3-5-22(25(19)28)23(29)6-1-7-24(30)27-16-18-8-9-18/h10-13,18-19,22-23,25H,1-9,14-17H2,(H,27,30)/t19-,22+,23+,25-/m0/s1. The molecule has 0 unspecified atom stereocenters. The molecule has 3 saturated heterocycles. The van der Waals surface area contributed by atoms with Crippen LogP contribution in [0.15, 0.2) is 29.2 Å². The first-order valence-electron chi connectivity index (χ1n) is 12.7. The van der Waals surface area contributed by atoms with Crippen molar-refractivity contribution in [3.8, 4) is 0 Å². The molecule has 3 aliphatic heterocycles. The predicted octanol–water partition coefficient (Wildman–Crippen LogP) is 3.39. The summed E-state index contributed by atoms with van der Waals surface area (Å²) >= 11 is 0. The van der Waals surface area contributed by atoms with Crippen molar-refractivity contribution >= 4 is 15.9 Å². The summed E-state index contributed by atoms with van der Waals surface area (Å²) in [5, 5.41) is 3.03. The van der Waals surface area contributed by atoms with Crippen LogP contribution in [-0.4, -0.2) is 61.8 Å². The van der Waals surface area contributed by atoms with Crippen molar-refractivity contribution < 1.29 is 17.6 Å². The Balaban J connectivity index is 1.35. The second kappa shape index (κ2) is 9.62. The Morgan fingerprint density at radius 1 is 1.06 bits per heavy atom. The summed E-state index contributed by atoms with van der Waals surface area (Å²) in [5.74, 6) is 0.933. The number of sulfonamides is 1. The summed E-state index contributed by atoms with van der Waals surface area (Å²) in [5.41, 5.74) is 0. The van der Waals surface area contributed by atoms with Gasteiger partial charge < -0.3 is 5.32 Å². The molecule has 0 spiro atoms. The summed E-state index contributed by atoms with van der Waals surface area (Å²) < 4.78 is 42.7. The molecule has 5 rings (SSSR count). The van der Waals surface area contributed by atoms with Gasteiger partial charge in [-0.1, -0.05) is 0 Å². The van der Waals surface area contributed by atoms with E-state index in [-0.39, 0.29) is 16.8 Å². The van der Waals surface area contributed by atoms with E-state index >= 15 is 0 Å². The highest BCUT2D eigenvalue weighted by atomic mass is 32.2. The summed E-state index contributed by atoms with van der Waals surface area (Å²) in [4.78, 5) is 15.1. The van der Waals surface area contributed by atoms with Gasteiger partial charge in [0.2, 0.25) is 15.9 Å². The van der Waals surface area contributed by atoms with Crippen molar-refractivity contribution in [1.82, 2.24) is 14.5 Å². The third-order valence-electron chi connectivity index (χ3n) is 8.23. The maximum Gasteiger partial charge on any atom is 0.243 e. The van der Waals surface area contributed by atoms with E-state index in [1.165, 1.54) is 37.1 Å². The third-order valence-corrected chi connectivity index (χ3v) is 10.1. The highest BCUT2D eigenvalue weighted by Crippen LogP contribution is 2.45. The molecule has 0 radical (unpaired) electrons. The van der Waals surface area contributed by atoms with Gasteiger partial charge in [0.25, 0.3) is 0 Å². The minimum absolute atomic E-state index is 0.0754. The molecule has 0 aromatic heterocycles. The maximum absolute atomic E-state index is 13.7. The minimum atomic E-state index is -3.73. The lowest BCUT2D eigenvalue weighted by Crippen LogP contribution is -2.65. The Labute approximate surface area is 196 Å². The van der Waals surface area contributed by atoms with Crippen LogP contribution < -0.4 is 5.32 Å². The first-order valence-corrected chi connectivity index (χ1v) is 14.2. The second-order valence-corrected chi connectivity index (χ2v) is 12.4. The fraction of sp³-hybridized carbons (Fsp3) is 0.720. The van der Waals surface area contributed by atoms with Crippen molar-refractivity contribution in [3.05, 3.63) is 30.1 Å². The monoisotopic (exact) mass is 477 g/mol. The molecule has 4 atom stereocenters. The molecule has 4 fully saturated rings. The summed E-state index contributed by atoms with van der Waals surface area (Å²) in [6.45, 7) is 3.52. The molecule has 1 aromatic carbocycles. The van der Waals surface area contributed by atoms with Crippen LogP contribution in [0.2, 0.25) is 0 Å². The lowest BCUT2D eigenvalue weighted by atomic mass is 9.70. The summed E-state index contributed by atoms with van der Waals surface area (Å²) in [7, 11) is -3.73. The molecule has 1 N–H and O–H groups in total. The van der Waals surface area contributed by atoms with Gasteiger partial charge in [0.05, 0.1) is 4.90 Å². The van der Waals surface area contributed by atoms with E-state index in [1.807, 2.05) is 0 Å². The number of benzene rings is 1. The quantitative estimate of drug-likeness (QED) is 0.623. The van der Waals surface area contributed by atoms with Crippen LogP contribution >= 0.6 is 0 Å².